The van der Waals surface area contributed by atoms with Gasteiger partial charge in [0.1, 0.15) is 7.14 Å². The molecule has 0 unspecified atom stereocenters. The van der Waals surface area contributed by atoms with Crippen LogP contribution in [0.15, 0.2) is 188 Å². The Kier molecular flexibility index (Phi) is 9.69. The molecule has 9 rings (SSSR count). The van der Waals surface area contributed by atoms with Gasteiger partial charge in [0.25, 0.3) is 0 Å². The van der Waals surface area contributed by atoms with E-state index >= 15 is 4.57 Å². The summed E-state index contributed by atoms with van der Waals surface area (Å²) in [5, 5.41) is 9.03. The number of fused-ring (bicyclic) bond motifs is 3. The van der Waals surface area contributed by atoms with Gasteiger partial charge in [0, 0.05) is 48.8 Å². The van der Waals surface area contributed by atoms with Gasteiger partial charge in [0.15, 0.2) is 0 Å². The molecule has 0 aliphatic rings. The van der Waals surface area contributed by atoms with Gasteiger partial charge >= 0.3 is 0 Å². The molecular weight excluding hydrogens is 808 g/mol. The summed E-state index contributed by atoms with van der Waals surface area (Å²) in [4.78, 5) is 4.39. The zero-order chi connectivity index (χ0) is 33.0. The topological polar surface area (TPSA) is 34.9 Å². The first-order valence-electron chi connectivity index (χ1n) is 16.2. The van der Waals surface area contributed by atoms with E-state index in [1.807, 2.05) is 116 Å². The van der Waals surface area contributed by atoms with Crippen LogP contribution in [0.4, 0.5) is 0 Å². The Morgan fingerprint density at radius 2 is 1.06 bits per heavy atom. The molecule has 8 aromatic carbocycles. The van der Waals surface area contributed by atoms with Crippen molar-refractivity contribution < 1.29 is 24.7 Å². The number of para-hydroxylation sites is 1. The zero-order valence-corrected chi connectivity index (χ0v) is 30.3. The first kappa shape index (κ1) is 33.1. The molecule has 0 saturated heterocycles. The zero-order valence-electron chi connectivity index (χ0n) is 27.0. The molecule has 50 heavy (non-hydrogen) atoms. The third kappa shape index (κ3) is 6.50. The van der Waals surface area contributed by atoms with E-state index in [9.17, 15) is 0 Å². The summed E-state index contributed by atoms with van der Waals surface area (Å²) < 4.78 is 17.2. The minimum Gasteiger partial charge on any atom is -0.340 e. The number of nitrogens with zero attached hydrogens (tertiary/aromatic N) is 2. The Hall–Kier alpha value is -5.37. The summed E-state index contributed by atoms with van der Waals surface area (Å²) >= 11 is 0. The second-order valence-electron chi connectivity index (χ2n) is 11.9. The fourth-order valence-electron chi connectivity index (χ4n) is 6.30. The van der Waals surface area contributed by atoms with E-state index in [1.54, 1.807) is 0 Å². The van der Waals surface area contributed by atoms with E-state index in [0.29, 0.717) is 0 Å². The largest absolute Gasteiger partial charge is 0.340 e. The predicted molar refractivity (Wildman–Crippen MR) is 205 cm³/mol. The second-order valence-corrected chi connectivity index (χ2v) is 14.6. The van der Waals surface area contributed by atoms with Gasteiger partial charge < -0.3 is 9.13 Å². The maximum atomic E-state index is 15.1. The molecule has 1 heterocycles. The molecule has 0 atom stereocenters. The summed E-state index contributed by atoms with van der Waals surface area (Å²) in [6.07, 6.45) is 3.77. The Morgan fingerprint density at radius 1 is 0.520 bits per heavy atom. The van der Waals surface area contributed by atoms with Crippen LogP contribution in [0.25, 0.3) is 49.4 Å². The molecule has 1 aromatic heterocycles. The van der Waals surface area contributed by atoms with Crippen LogP contribution in [0, 0.1) is 12.1 Å². The number of hydrogen-bond donors (Lipinski definition) is 0. The normalized spacial score (nSPS) is 11.1. The molecule has 9 aromatic rings. The van der Waals surface area contributed by atoms with Gasteiger partial charge in [-0.3, -0.25) is 4.98 Å². The average Bonchev–Trinajstić information content (AvgIpc) is 3.68. The van der Waals surface area contributed by atoms with Crippen molar-refractivity contribution in [3.05, 3.63) is 200 Å². The molecule has 1 radical (unpaired) electrons. The van der Waals surface area contributed by atoms with Gasteiger partial charge in [-0.05, 0) is 45.8 Å². The van der Waals surface area contributed by atoms with Crippen molar-refractivity contribution in [2.75, 3.05) is 0 Å². The van der Waals surface area contributed by atoms with Crippen LogP contribution in [0.1, 0.15) is 0 Å². The number of aromatic nitrogens is 2. The van der Waals surface area contributed by atoms with Crippen LogP contribution in [-0.4, -0.2) is 9.55 Å². The Labute approximate surface area is 305 Å². The van der Waals surface area contributed by atoms with E-state index in [-0.39, 0.29) is 20.1 Å². The first-order chi connectivity index (χ1) is 24.2. The third-order valence-electron chi connectivity index (χ3n) is 8.82. The summed E-state index contributed by atoms with van der Waals surface area (Å²) in [7, 11) is -3.15. The van der Waals surface area contributed by atoms with Crippen LogP contribution in [0.2, 0.25) is 0 Å². The maximum Gasteiger partial charge on any atom is 0.147 e. The molecule has 0 amide bonds. The summed E-state index contributed by atoms with van der Waals surface area (Å²) in [5.41, 5.74) is 2.11. The van der Waals surface area contributed by atoms with E-state index in [1.165, 1.54) is 0 Å². The van der Waals surface area contributed by atoms with E-state index in [0.717, 1.165) is 65.3 Å². The van der Waals surface area contributed by atoms with Crippen molar-refractivity contribution >= 4 is 55.4 Å². The average molecular weight is 839 g/mol. The summed E-state index contributed by atoms with van der Waals surface area (Å²) in [5.74, 6) is 0.914. The second kappa shape index (κ2) is 14.6. The van der Waals surface area contributed by atoms with E-state index in [2.05, 4.69) is 94.5 Å². The molecule has 5 heteroatoms. The predicted octanol–water partition coefficient (Wildman–Crippen LogP) is 9.92. The molecule has 0 saturated carbocycles. The van der Waals surface area contributed by atoms with E-state index in [4.69, 9.17) is 0 Å². The number of hydrogen-bond acceptors (Lipinski definition) is 2. The van der Waals surface area contributed by atoms with Gasteiger partial charge in [-0.25, -0.2) is 0 Å². The summed E-state index contributed by atoms with van der Waals surface area (Å²) in [6.45, 7) is 0. The van der Waals surface area contributed by atoms with Crippen LogP contribution < -0.4 is 15.9 Å². The summed E-state index contributed by atoms with van der Waals surface area (Å²) in [6, 6.07) is 65.5. The van der Waals surface area contributed by atoms with Crippen molar-refractivity contribution in [1.82, 2.24) is 9.55 Å². The number of benzene rings is 8. The standard InChI is InChI=1S/C30H20OP.C15H11N2.Ir/c31-32(28-16-13-22-7-1-4-10-25(22)19-28,29-17-14-23-8-2-5-11-26(23)20-29)30-18-15-24-9-3-6-12-27(24)21-30;1-3-7-13(8-4-1)15-16-11-12-17(15)14-9-5-2-6-10-14;/h1-17,19-21H;1-7,9-12H;/q2*-1;. The van der Waals surface area contributed by atoms with Gasteiger partial charge in [0.05, 0.1) is 5.82 Å². The van der Waals surface area contributed by atoms with Crippen molar-refractivity contribution in [1.29, 1.82) is 0 Å². The number of imidazole rings is 1. The quantitative estimate of drug-likeness (QED) is 0.128. The molecule has 3 nitrogen and oxygen atoms in total. The molecule has 0 bridgehead atoms. The van der Waals surface area contributed by atoms with Gasteiger partial charge in [0.2, 0.25) is 0 Å². The van der Waals surface area contributed by atoms with Gasteiger partial charge in [-0.2, -0.15) is 18.2 Å². The Bertz CT molecular complexity index is 2350. The Balaban J connectivity index is 0.000000184. The van der Waals surface area contributed by atoms with Crippen molar-refractivity contribution in [3.8, 4) is 17.1 Å². The molecule has 243 valence electrons. The fourth-order valence-corrected chi connectivity index (χ4v) is 8.93. The molecule has 0 aliphatic carbocycles. The molecule has 0 N–H and O–H groups in total. The smallest absolute Gasteiger partial charge is 0.147 e. The number of rotatable bonds is 5. The minimum absolute atomic E-state index is 0. The van der Waals surface area contributed by atoms with Crippen molar-refractivity contribution in [2.45, 2.75) is 0 Å². The first-order valence-corrected chi connectivity index (χ1v) is 17.9. The maximum absolute atomic E-state index is 15.1. The molecule has 0 fully saturated rings. The van der Waals surface area contributed by atoms with Gasteiger partial charge in [-0.15, -0.1) is 52.7 Å². The fraction of sp³-hybridized carbons (Fsp3) is 0. The SMILES string of the molecule is O=P(c1[c-]cc2ccccc2c1)(c1ccc2ccccc2c1)c1ccc2ccccc2c1.[Ir].[c-]1ccccc1-c1nccn1-c1ccccc1. The van der Waals surface area contributed by atoms with Crippen LogP contribution in [0.5, 0.6) is 0 Å². The molecule has 0 spiro atoms. The minimum atomic E-state index is -3.15. The van der Waals surface area contributed by atoms with Crippen molar-refractivity contribution in [3.63, 3.8) is 0 Å². The van der Waals surface area contributed by atoms with Gasteiger partial charge in [-0.1, -0.05) is 114 Å². The van der Waals surface area contributed by atoms with Crippen molar-refractivity contribution in [2.24, 2.45) is 0 Å². The van der Waals surface area contributed by atoms with E-state index < -0.39 is 7.14 Å². The third-order valence-corrected chi connectivity index (χ3v) is 11.8. The van der Waals surface area contributed by atoms with Crippen LogP contribution in [0.3, 0.4) is 0 Å². The Morgan fingerprint density at radius 3 is 1.66 bits per heavy atom. The van der Waals surface area contributed by atoms with Crippen LogP contribution in [-0.2, 0) is 24.7 Å². The molecular formula is C45H31IrN2OP-2. The molecule has 0 aliphatic heterocycles. The monoisotopic (exact) mass is 839 g/mol. The van der Waals surface area contributed by atoms with Crippen LogP contribution >= 0.6 is 7.14 Å².